The number of hydrogen-bond acceptors (Lipinski definition) is 1. The van der Waals surface area contributed by atoms with Crippen LogP contribution in [0.15, 0.2) is 85.2 Å². The first-order valence-corrected chi connectivity index (χ1v) is 10.9. The van der Waals surface area contributed by atoms with Gasteiger partial charge in [0, 0.05) is 46.7 Å². The van der Waals surface area contributed by atoms with Crippen LogP contribution in [0.2, 0.25) is 5.02 Å². The van der Waals surface area contributed by atoms with E-state index in [-0.39, 0.29) is 5.92 Å². The predicted octanol–water partition coefficient (Wildman–Crippen LogP) is 6.42. The van der Waals surface area contributed by atoms with Gasteiger partial charge in [0.1, 0.15) is 0 Å². The van der Waals surface area contributed by atoms with Crippen LogP contribution in [-0.4, -0.2) is 21.6 Å². The lowest BCUT2D eigenvalue weighted by Gasteiger charge is -2.19. The van der Waals surface area contributed by atoms with Gasteiger partial charge in [-0.15, -0.1) is 0 Å². The average molecular weight is 445 g/mol. The van der Waals surface area contributed by atoms with Gasteiger partial charge in [-0.25, -0.2) is 0 Å². The smallest absolute Gasteiger partial charge is 0.170 e. The normalized spacial score (nSPS) is 11.3. The van der Waals surface area contributed by atoms with Crippen LogP contribution in [0.1, 0.15) is 17.0 Å². The van der Waals surface area contributed by atoms with Gasteiger partial charge >= 0.3 is 0 Å². The lowest BCUT2D eigenvalue weighted by atomic mass is 9.90. The highest BCUT2D eigenvalue weighted by Gasteiger charge is 2.21. The van der Waals surface area contributed by atoms with E-state index in [0.29, 0.717) is 16.7 Å². The van der Waals surface area contributed by atoms with Crippen molar-refractivity contribution in [3.63, 3.8) is 0 Å². The Bertz CT molecular complexity index is 1300. The van der Waals surface area contributed by atoms with Crippen LogP contribution < -0.4 is 10.6 Å². The number of fused-ring (bicyclic) bond motifs is 2. The standard InChI is InChI=1S/C25H21ClN4S/c26-21-9-3-6-12-24(21)30-25(31)29-15-20(18-13-27-22-10-4-1-7-16(18)22)19-14-28-23-11-5-2-8-17(19)23/h1-14,20,27-28H,15H2,(H2,29,30,31). The zero-order chi connectivity index (χ0) is 21.2. The fourth-order valence-corrected chi connectivity index (χ4v) is 4.45. The summed E-state index contributed by atoms with van der Waals surface area (Å²) in [6.07, 6.45) is 4.20. The molecule has 0 aliphatic heterocycles. The lowest BCUT2D eigenvalue weighted by Crippen LogP contribution is -2.32. The highest BCUT2D eigenvalue weighted by molar-refractivity contribution is 7.80. The Balaban J connectivity index is 1.47. The van der Waals surface area contributed by atoms with Crippen LogP contribution in [0.5, 0.6) is 0 Å². The molecule has 0 amide bonds. The number of aromatic nitrogens is 2. The highest BCUT2D eigenvalue weighted by Crippen LogP contribution is 2.34. The van der Waals surface area contributed by atoms with Gasteiger partial charge in [-0.1, -0.05) is 60.1 Å². The molecular weight excluding hydrogens is 424 g/mol. The van der Waals surface area contributed by atoms with Crippen LogP contribution in [0.25, 0.3) is 21.8 Å². The van der Waals surface area contributed by atoms with Gasteiger partial charge < -0.3 is 20.6 Å². The number of halogens is 1. The number of thiocarbonyl (C=S) groups is 1. The van der Waals surface area contributed by atoms with Gasteiger partial charge in [-0.3, -0.25) is 0 Å². The Morgan fingerprint density at radius 2 is 1.35 bits per heavy atom. The molecule has 0 radical (unpaired) electrons. The van der Waals surface area contributed by atoms with E-state index in [1.807, 2.05) is 36.4 Å². The number of H-pyrrole nitrogens is 2. The van der Waals surface area contributed by atoms with E-state index in [4.69, 9.17) is 23.8 Å². The Hall–Kier alpha value is -3.28. The van der Waals surface area contributed by atoms with Crippen molar-refractivity contribution in [2.24, 2.45) is 0 Å². The lowest BCUT2D eigenvalue weighted by molar-refractivity contribution is 0.771. The van der Waals surface area contributed by atoms with E-state index in [2.05, 4.69) is 69.4 Å². The zero-order valence-corrected chi connectivity index (χ0v) is 18.2. The molecule has 6 heteroatoms. The fourth-order valence-electron chi connectivity index (χ4n) is 4.08. The average Bonchev–Trinajstić information content (AvgIpc) is 3.41. The summed E-state index contributed by atoms with van der Waals surface area (Å²) < 4.78 is 0. The molecule has 0 spiro atoms. The van der Waals surface area contributed by atoms with Crippen molar-refractivity contribution in [1.82, 2.24) is 15.3 Å². The molecule has 0 bridgehead atoms. The second-order valence-electron chi connectivity index (χ2n) is 7.45. The minimum absolute atomic E-state index is 0.0956. The van der Waals surface area contributed by atoms with Crippen LogP contribution in [0.3, 0.4) is 0 Å². The van der Waals surface area contributed by atoms with Crippen LogP contribution >= 0.6 is 23.8 Å². The van der Waals surface area contributed by atoms with E-state index in [0.717, 1.165) is 16.7 Å². The third-order valence-corrected chi connectivity index (χ3v) is 6.16. The molecule has 0 aliphatic carbocycles. The third kappa shape index (κ3) is 3.90. The van der Waals surface area contributed by atoms with Gasteiger partial charge in [0.25, 0.3) is 0 Å². The molecule has 5 rings (SSSR count). The van der Waals surface area contributed by atoms with Crippen molar-refractivity contribution in [3.05, 3.63) is 101 Å². The molecule has 154 valence electrons. The molecule has 0 aliphatic rings. The van der Waals surface area contributed by atoms with E-state index in [9.17, 15) is 0 Å². The SMILES string of the molecule is S=C(NCC(c1c[nH]c2ccccc12)c1c[nH]c2ccccc12)Nc1ccccc1Cl. The topological polar surface area (TPSA) is 55.6 Å². The number of benzene rings is 3. The molecular formula is C25H21ClN4S. The molecule has 2 heterocycles. The summed E-state index contributed by atoms with van der Waals surface area (Å²) in [5.74, 6) is 0.0956. The summed E-state index contributed by atoms with van der Waals surface area (Å²) in [6, 6.07) is 24.3. The van der Waals surface area contributed by atoms with Gasteiger partial charge in [0.2, 0.25) is 0 Å². The monoisotopic (exact) mass is 444 g/mol. The van der Waals surface area contributed by atoms with Crippen LogP contribution in [0.4, 0.5) is 5.69 Å². The second kappa shape index (κ2) is 8.46. The van der Waals surface area contributed by atoms with E-state index < -0.39 is 0 Å². The number of rotatable bonds is 5. The summed E-state index contributed by atoms with van der Waals surface area (Å²) in [5.41, 5.74) is 5.50. The summed E-state index contributed by atoms with van der Waals surface area (Å²) >= 11 is 11.8. The van der Waals surface area contributed by atoms with Crippen molar-refractivity contribution < 1.29 is 0 Å². The van der Waals surface area contributed by atoms with Crippen molar-refractivity contribution in [3.8, 4) is 0 Å². The van der Waals surface area contributed by atoms with E-state index in [1.54, 1.807) is 0 Å². The maximum absolute atomic E-state index is 6.27. The molecule has 0 atom stereocenters. The van der Waals surface area contributed by atoms with Crippen molar-refractivity contribution in [1.29, 1.82) is 0 Å². The summed E-state index contributed by atoms with van der Waals surface area (Å²) in [6.45, 7) is 0.639. The molecule has 2 aromatic heterocycles. The Morgan fingerprint density at radius 3 is 1.97 bits per heavy atom. The summed E-state index contributed by atoms with van der Waals surface area (Å²) in [5, 5.41) is 10.2. The molecule has 31 heavy (non-hydrogen) atoms. The quantitative estimate of drug-likeness (QED) is 0.236. The van der Waals surface area contributed by atoms with Crippen molar-refractivity contribution >= 4 is 56.4 Å². The molecule has 4 nitrogen and oxygen atoms in total. The van der Waals surface area contributed by atoms with Crippen molar-refractivity contribution in [2.45, 2.75) is 5.92 Å². The van der Waals surface area contributed by atoms with Gasteiger partial charge in [0.05, 0.1) is 10.7 Å². The first-order chi connectivity index (χ1) is 15.2. The molecule has 0 unspecified atom stereocenters. The molecule has 0 fully saturated rings. The molecule has 0 saturated heterocycles. The first kappa shape index (κ1) is 19.7. The minimum Gasteiger partial charge on any atom is -0.361 e. The molecule has 3 aromatic carbocycles. The van der Waals surface area contributed by atoms with Crippen LogP contribution in [-0.2, 0) is 0 Å². The van der Waals surface area contributed by atoms with E-state index in [1.165, 1.54) is 21.9 Å². The zero-order valence-electron chi connectivity index (χ0n) is 16.7. The minimum atomic E-state index is 0.0956. The van der Waals surface area contributed by atoms with Crippen molar-refractivity contribution in [2.75, 3.05) is 11.9 Å². The maximum Gasteiger partial charge on any atom is 0.170 e. The van der Waals surface area contributed by atoms with Gasteiger partial charge in [-0.05, 0) is 47.6 Å². The third-order valence-electron chi connectivity index (χ3n) is 5.58. The fraction of sp³-hybridized carbons (Fsp3) is 0.0800. The number of hydrogen-bond donors (Lipinski definition) is 4. The maximum atomic E-state index is 6.27. The second-order valence-corrected chi connectivity index (χ2v) is 8.26. The number of anilines is 1. The molecule has 0 saturated carbocycles. The molecule has 5 aromatic rings. The Kier molecular flexibility index (Phi) is 5.37. The number of nitrogens with one attached hydrogen (secondary N) is 4. The highest BCUT2D eigenvalue weighted by atomic mass is 35.5. The Labute approximate surface area is 190 Å². The summed E-state index contributed by atoms with van der Waals surface area (Å²) in [7, 11) is 0. The largest absolute Gasteiger partial charge is 0.361 e. The van der Waals surface area contributed by atoms with Gasteiger partial charge in [0.15, 0.2) is 5.11 Å². The predicted molar refractivity (Wildman–Crippen MR) is 134 cm³/mol. The van der Waals surface area contributed by atoms with Crippen LogP contribution in [0, 0.1) is 0 Å². The number of aromatic amines is 2. The Morgan fingerprint density at radius 1 is 0.806 bits per heavy atom. The first-order valence-electron chi connectivity index (χ1n) is 10.1. The molecule has 4 N–H and O–H groups in total. The van der Waals surface area contributed by atoms with Gasteiger partial charge in [-0.2, -0.15) is 0 Å². The number of para-hydroxylation sites is 3. The van der Waals surface area contributed by atoms with E-state index >= 15 is 0 Å². The summed E-state index contributed by atoms with van der Waals surface area (Å²) in [4.78, 5) is 6.82.